The number of nitrogens with zero attached hydrogens (tertiary/aromatic N) is 2. The average molecular weight is 510 g/mol. The van der Waals surface area contributed by atoms with E-state index in [1.54, 1.807) is 12.2 Å². The molecule has 2 amide bonds. The zero-order chi connectivity index (χ0) is 25.9. The molecule has 0 saturated heterocycles. The molecule has 0 bridgehead atoms. The lowest BCUT2D eigenvalue weighted by molar-refractivity contribution is 0.0524. The fourth-order valence-corrected chi connectivity index (χ4v) is 4.26. The first-order valence-electron chi connectivity index (χ1n) is 10.9. The normalized spacial score (nSPS) is 17.7. The number of amides is 2. The van der Waals surface area contributed by atoms with Gasteiger partial charge >= 0.3 is 0 Å². The largest absolute Gasteiger partial charge is 0.503 e. The number of allylic oxidation sites excluding steroid dienone is 1. The molecule has 0 fully saturated rings. The number of halogens is 3. The van der Waals surface area contributed by atoms with Crippen molar-refractivity contribution in [2.45, 2.75) is 38.9 Å². The maximum Gasteiger partial charge on any atom is 0.275 e. The number of pyridine rings is 1. The minimum absolute atomic E-state index is 0.0894. The van der Waals surface area contributed by atoms with Gasteiger partial charge in [-0.25, -0.2) is 8.78 Å². The molecule has 0 radical (unpaired) electrons. The van der Waals surface area contributed by atoms with Crippen LogP contribution in [0.1, 0.15) is 52.7 Å². The van der Waals surface area contributed by atoms with Gasteiger partial charge in [0.25, 0.3) is 11.8 Å². The number of carbonyl (C=O) groups is 2. The van der Waals surface area contributed by atoms with Crippen LogP contribution in [0.4, 0.5) is 8.78 Å². The van der Waals surface area contributed by atoms with Gasteiger partial charge in [0.2, 0.25) is 5.43 Å². The molecule has 1 aliphatic rings. The Balaban J connectivity index is 2.00. The summed E-state index contributed by atoms with van der Waals surface area (Å²) in [6.45, 7) is 3.88. The minimum Gasteiger partial charge on any atom is -0.503 e. The third-order valence-electron chi connectivity index (χ3n) is 6.03. The number of benzene rings is 1. The van der Waals surface area contributed by atoms with Gasteiger partial charge in [0.1, 0.15) is 22.2 Å². The van der Waals surface area contributed by atoms with Gasteiger partial charge in [0.05, 0.1) is 12.1 Å². The van der Waals surface area contributed by atoms with E-state index in [0.717, 1.165) is 12.1 Å². The molecule has 2 heterocycles. The zero-order valence-electron chi connectivity index (χ0n) is 19.5. The van der Waals surface area contributed by atoms with Crippen molar-refractivity contribution < 1.29 is 28.2 Å². The number of hydrogen-bond donors (Lipinski definition) is 2. The van der Waals surface area contributed by atoms with Crippen molar-refractivity contribution in [3.05, 3.63) is 74.2 Å². The molecule has 188 valence electrons. The van der Waals surface area contributed by atoms with Gasteiger partial charge in [0, 0.05) is 38.6 Å². The zero-order valence-corrected chi connectivity index (χ0v) is 20.2. The number of fused-ring (bicyclic) bond motifs is 1. The van der Waals surface area contributed by atoms with Crippen LogP contribution < -0.4 is 10.7 Å². The van der Waals surface area contributed by atoms with Gasteiger partial charge in [-0.15, -0.1) is 0 Å². The Kier molecular flexibility index (Phi) is 8.29. The van der Waals surface area contributed by atoms with Crippen LogP contribution in [0.3, 0.4) is 0 Å². The van der Waals surface area contributed by atoms with Crippen LogP contribution in [0.25, 0.3) is 0 Å². The van der Waals surface area contributed by atoms with E-state index in [0.29, 0.717) is 13.0 Å². The van der Waals surface area contributed by atoms with Gasteiger partial charge in [-0.05, 0) is 26.3 Å². The van der Waals surface area contributed by atoms with Gasteiger partial charge in [0.15, 0.2) is 11.4 Å². The van der Waals surface area contributed by atoms with Crippen LogP contribution in [0, 0.1) is 11.6 Å². The summed E-state index contributed by atoms with van der Waals surface area (Å²) in [5.74, 6) is -4.27. The molecule has 1 aromatic heterocycles. The summed E-state index contributed by atoms with van der Waals surface area (Å²) in [5, 5.41) is 12.4. The molecule has 2 aromatic rings. The van der Waals surface area contributed by atoms with Gasteiger partial charge < -0.3 is 24.6 Å². The molecule has 35 heavy (non-hydrogen) atoms. The number of rotatable bonds is 8. The van der Waals surface area contributed by atoms with E-state index in [4.69, 9.17) is 16.3 Å². The van der Waals surface area contributed by atoms with E-state index >= 15 is 0 Å². The summed E-state index contributed by atoms with van der Waals surface area (Å²) in [5.41, 5.74) is -1.77. The molecule has 8 nitrogen and oxygen atoms in total. The van der Waals surface area contributed by atoms with Crippen LogP contribution in [0.2, 0.25) is 5.02 Å². The fraction of sp³-hybridized carbons (Fsp3) is 0.375. The number of ether oxygens (including phenoxy) is 1. The molecule has 1 aromatic carbocycles. The Labute approximate surface area is 205 Å². The summed E-state index contributed by atoms with van der Waals surface area (Å²) < 4.78 is 34.2. The summed E-state index contributed by atoms with van der Waals surface area (Å²) in [6, 6.07) is 1.34. The number of carbonyl (C=O) groups excluding carboxylic acids is 2. The molecule has 1 aliphatic heterocycles. The lowest BCUT2D eigenvalue weighted by atomic mass is 9.98. The highest BCUT2D eigenvalue weighted by atomic mass is 35.5. The second-order valence-corrected chi connectivity index (χ2v) is 8.49. The van der Waals surface area contributed by atoms with E-state index in [-0.39, 0.29) is 30.4 Å². The predicted octanol–water partition coefficient (Wildman–Crippen LogP) is 3.41. The Hall–Kier alpha value is -3.24. The first kappa shape index (κ1) is 26.4. The van der Waals surface area contributed by atoms with Crippen LogP contribution >= 0.6 is 11.6 Å². The molecule has 1 unspecified atom stereocenters. The number of aromatic nitrogens is 1. The monoisotopic (exact) mass is 509 g/mol. The molecule has 2 atom stereocenters. The smallest absolute Gasteiger partial charge is 0.275 e. The Morgan fingerprint density at radius 3 is 2.69 bits per heavy atom. The molecule has 0 aliphatic carbocycles. The first-order chi connectivity index (χ1) is 16.6. The van der Waals surface area contributed by atoms with Crippen LogP contribution in [-0.4, -0.2) is 52.7 Å². The minimum atomic E-state index is -1.04. The molecule has 2 N–H and O–H groups in total. The third kappa shape index (κ3) is 5.08. The standard InChI is InChI=1S/C24H26ClF2N3O5/c1-4-5-9-29-13(2)17(8-10-35-3)30-12-15(21(31)22(32)20(30)24(29)34)23(33)28-11-14-6-7-16(26)18(25)19(14)27/h4-7,12-13,17,32H,8-11H2,1-3H3,(H,28,33)/b5-4-/t13?,17-/m0/s1. The van der Waals surface area contributed by atoms with E-state index < -0.39 is 51.3 Å². The van der Waals surface area contributed by atoms with Crippen molar-refractivity contribution in [1.29, 1.82) is 0 Å². The van der Waals surface area contributed by atoms with Crippen molar-refractivity contribution >= 4 is 23.4 Å². The number of aromatic hydroxyl groups is 1. The summed E-state index contributed by atoms with van der Waals surface area (Å²) in [7, 11) is 1.53. The van der Waals surface area contributed by atoms with Crippen molar-refractivity contribution in [3.8, 4) is 5.75 Å². The molecule has 11 heteroatoms. The summed E-state index contributed by atoms with van der Waals surface area (Å²) in [6.07, 6.45) is 5.24. The van der Waals surface area contributed by atoms with Gasteiger partial charge in [-0.1, -0.05) is 29.8 Å². The number of nitrogens with one attached hydrogen (secondary N) is 1. The van der Waals surface area contributed by atoms with E-state index in [1.165, 1.54) is 22.8 Å². The van der Waals surface area contributed by atoms with E-state index in [9.17, 15) is 28.3 Å². The number of methoxy groups -OCH3 is 1. The van der Waals surface area contributed by atoms with Crippen LogP contribution in [0.15, 0.2) is 35.3 Å². The Morgan fingerprint density at radius 1 is 1.31 bits per heavy atom. The second-order valence-electron chi connectivity index (χ2n) is 8.11. The Bertz CT molecular complexity index is 1230. The highest BCUT2D eigenvalue weighted by Gasteiger charge is 2.39. The molecule has 3 rings (SSSR count). The van der Waals surface area contributed by atoms with Crippen molar-refractivity contribution in [2.24, 2.45) is 0 Å². The topological polar surface area (TPSA) is 101 Å². The van der Waals surface area contributed by atoms with Gasteiger partial charge in [-0.2, -0.15) is 0 Å². The average Bonchev–Trinajstić information content (AvgIpc) is 2.83. The summed E-state index contributed by atoms with van der Waals surface area (Å²) in [4.78, 5) is 40.4. The maximum atomic E-state index is 14.2. The maximum absolute atomic E-state index is 14.2. The van der Waals surface area contributed by atoms with Gasteiger partial charge in [-0.3, -0.25) is 14.4 Å². The van der Waals surface area contributed by atoms with Crippen molar-refractivity contribution in [3.63, 3.8) is 0 Å². The van der Waals surface area contributed by atoms with E-state index in [2.05, 4.69) is 5.32 Å². The number of hydrogen-bond acceptors (Lipinski definition) is 5. The lowest BCUT2D eigenvalue weighted by Crippen LogP contribution is -2.51. The quantitative estimate of drug-likeness (QED) is 0.419. The van der Waals surface area contributed by atoms with E-state index in [1.807, 2.05) is 13.8 Å². The predicted molar refractivity (Wildman–Crippen MR) is 126 cm³/mol. The first-order valence-corrected chi connectivity index (χ1v) is 11.3. The third-order valence-corrected chi connectivity index (χ3v) is 6.38. The Morgan fingerprint density at radius 2 is 2.03 bits per heavy atom. The van der Waals surface area contributed by atoms with Crippen LogP contribution in [0.5, 0.6) is 5.75 Å². The van der Waals surface area contributed by atoms with Crippen molar-refractivity contribution in [1.82, 2.24) is 14.8 Å². The fourth-order valence-electron chi connectivity index (χ4n) is 4.08. The molecule has 0 spiro atoms. The SMILES string of the molecule is C/C=C\CN1C(=O)c2c(O)c(=O)c(C(=O)NCc3ccc(F)c(Cl)c3F)cn2[C@@H](CCOC)C1C. The highest BCUT2D eigenvalue weighted by molar-refractivity contribution is 6.30. The lowest BCUT2D eigenvalue weighted by Gasteiger charge is -2.41. The molecule has 0 saturated carbocycles. The summed E-state index contributed by atoms with van der Waals surface area (Å²) >= 11 is 5.57. The van der Waals surface area contributed by atoms with Crippen molar-refractivity contribution in [2.75, 3.05) is 20.3 Å². The molecular weight excluding hydrogens is 484 g/mol. The highest BCUT2D eigenvalue weighted by Crippen LogP contribution is 2.33. The van der Waals surface area contributed by atoms with Crippen LogP contribution in [-0.2, 0) is 11.3 Å². The second kappa shape index (κ2) is 11.0. The molecular formula is C24H26ClF2N3O5.